The van der Waals surface area contributed by atoms with Gasteiger partial charge in [0.2, 0.25) is 0 Å². The number of hydrogen-bond acceptors (Lipinski definition) is 3. The Morgan fingerprint density at radius 3 is 1.10 bits per heavy atom. The van der Waals surface area contributed by atoms with Crippen LogP contribution in [0.2, 0.25) is 0 Å². The maximum Gasteiger partial charge on any atom is 0.136 e. The Morgan fingerprint density at radius 2 is 0.683 bits per heavy atom. The van der Waals surface area contributed by atoms with E-state index >= 15 is 0 Å². The number of anilines is 6. The third-order valence-corrected chi connectivity index (χ3v) is 12.7. The van der Waals surface area contributed by atoms with Gasteiger partial charge in [0.1, 0.15) is 11.2 Å². The molecule has 0 atom stereocenters. The fraction of sp³-hybridized carbons (Fsp3) is 0.133. The Hall–Kier alpha value is -7.36. The van der Waals surface area contributed by atoms with E-state index in [1.807, 2.05) is 0 Å². The molecule has 0 amide bonds. The Bertz CT molecular complexity index is 3300. The van der Waals surface area contributed by atoms with Crippen LogP contribution in [0.3, 0.4) is 0 Å². The smallest absolute Gasteiger partial charge is 0.136 e. The van der Waals surface area contributed by atoms with E-state index < -0.39 is 0 Å². The van der Waals surface area contributed by atoms with E-state index in [1.54, 1.807) is 0 Å². The normalized spacial score (nSPS) is 12.3. The number of furan rings is 1. The molecule has 0 bridgehead atoms. The van der Waals surface area contributed by atoms with E-state index in [4.69, 9.17) is 4.42 Å². The molecule has 0 N–H and O–H groups in total. The highest BCUT2D eigenvalue weighted by Gasteiger charge is 2.28. The van der Waals surface area contributed by atoms with Gasteiger partial charge in [-0.25, -0.2) is 0 Å². The second-order valence-corrected chi connectivity index (χ2v) is 19.1. The lowest BCUT2D eigenvalue weighted by Gasteiger charge is -2.33. The van der Waals surface area contributed by atoms with Crippen LogP contribution in [0, 0.1) is 0 Å². The Labute approximate surface area is 369 Å². The fourth-order valence-corrected chi connectivity index (χ4v) is 9.99. The predicted octanol–water partition coefficient (Wildman–Crippen LogP) is 17.7. The Morgan fingerprint density at radius 1 is 0.302 bits per heavy atom. The second kappa shape index (κ2) is 14.6. The lowest BCUT2D eigenvalue weighted by atomic mass is 9.81. The first kappa shape index (κ1) is 38.6. The van der Waals surface area contributed by atoms with Crippen LogP contribution in [0.15, 0.2) is 199 Å². The molecule has 0 fully saturated rings. The van der Waals surface area contributed by atoms with Crippen LogP contribution in [0.25, 0.3) is 65.0 Å². The summed E-state index contributed by atoms with van der Waals surface area (Å²) >= 11 is 0. The van der Waals surface area contributed by atoms with Crippen LogP contribution >= 0.6 is 0 Å². The van der Waals surface area contributed by atoms with Crippen molar-refractivity contribution in [2.24, 2.45) is 0 Å². The highest BCUT2D eigenvalue weighted by Crippen LogP contribution is 2.47. The summed E-state index contributed by atoms with van der Waals surface area (Å²) < 4.78 is 6.80. The molecule has 1 aromatic heterocycles. The lowest BCUT2D eigenvalue weighted by Crippen LogP contribution is -2.19. The average Bonchev–Trinajstić information content (AvgIpc) is 3.62. The molecule has 0 radical (unpaired) electrons. The molecule has 0 saturated heterocycles. The van der Waals surface area contributed by atoms with E-state index in [0.717, 1.165) is 55.5 Å². The van der Waals surface area contributed by atoms with Gasteiger partial charge in [0.15, 0.2) is 0 Å². The van der Waals surface area contributed by atoms with Crippen molar-refractivity contribution in [2.45, 2.75) is 52.4 Å². The third kappa shape index (κ3) is 6.67. The first-order valence-corrected chi connectivity index (χ1v) is 22.1. The molecule has 11 rings (SSSR count). The number of hydrogen-bond donors (Lipinski definition) is 0. The van der Waals surface area contributed by atoms with Gasteiger partial charge >= 0.3 is 0 Å². The van der Waals surface area contributed by atoms with Gasteiger partial charge in [-0.15, -0.1) is 0 Å². The van der Waals surface area contributed by atoms with Crippen molar-refractivity contribution in [2.75, 3.05) is 9.80 Å². The van der Waals surface area contributed by atoms with Crippen molar-refractivity contribution in [3.8, 4) is 0 Å². The molecule has 10 aromatic carbocycles. The van der Waals surface area contributed by atoms with Crippen LogP contribution in [0.5, 0.6) is 0 Å². The quantitative estimate of drug-likeness (QED) is 0.167. The molecule has 0 aliphatic heterocycles. The van der Waals surface area contributed by atoms with Crippen molar-refractivity contribution in [1.82, 2.24) is 0 Å². The highest BCUT2D eigenvalue weighted by molar-refractivity contribution is 6.14. The van der Waals surface area contributed by atoms with E-state index in [9.17, 15) is 0 Å². The Balaban J connectivity index is 1.05. The van der Waals surface area contributed by atoms with Gasteiger partial charge < -0.3 is 14.2 Å². The molecule has 1 heterocycles. The van der Waals surface area contributed by atoms with Gasteiger partial charge in [0, 0.05) is 33.5 Å². The number of nitrogens with zero attached hydrogens (tertiary/aromatic N) is 2. The zero-order chi connectivity index (χ0) is 43.0. The van der Waals surface area contributed by atoms with Crippen LogP contribution < -0.4 is 9.80 Å². The van der Waals surface area contributed by atoms with E-state index in [2.05, 4.69) is 245 Å². The molecule has 11 aromatic rings. The van der Waals surface area contributed by atoms with Crippen molar-refractivity contribution in [3.05, 3.63) is 205 Å². The summed E-state index contributed by atoms with van der Waals surface area (Å²) in [6.07, 6.45) is 0. The second-order valence-electron chi connectivity index (χ2n) is 19.1. The molecule has 306 valence electrons. The minimum absolute atomic E-state index is 0.101. The maximum atomic E-state index is 6.80. The van der Waals surface area contributed by atoms with E-state index in [-0.39, 0.29) is 10.8 Å². The standard InChI is InChI=1S/C60H50N2O/c1-59(2,3)57-49-23-15-13-17-39(49)27-31-53(57)61(45-19-9-7-10-20-45)47-29-25-41-35-51-52-36-42-26-30-48(34-44(42)38-56(52)63-55(51)37-43(41)33-47)62(46-21-11-8-12-22-46)54-32-28-40-18-14-16-24-50(40)58(54)60(4,5)6/h7-38H,1-6H3. The predicted molar refractivity (Wildman–Crippen MR) is 271 cm³/mol. The summed E-state index contributed by atoms with van der Waals surface area (Å²) in [5.41, 5.74) is 11.0. The SMILES string of the molecule is CC(C)(C)c1c(N(c2ccccc2)c2ccc3cc4c(cc3c2)oc2cc3cc(N(c5ccccc5)c5ccc6ccccc6c5C(C)(C)C)ccc3cc24)ccc2ccccc12. The van der Waals surface area contributed by atoms with E-state index in [0.29, 0.717) is 0 Å². The zero-order valence-electron chi connectivity index (χ0n) is 36.8. The topological polar surface area (TPSA) is 19.6 Å². The maximum absolute atomic E-state index is 6.80. The van der Waals surface area contributed by atoms with Crippen molar-refractivity contribution >= 4 is 99.2 Å². The highest BCUT2D eigenvalue weighted by atomic mass is 16.3. The van der Waals surface area contributed by atoms with Crippen LogP contribution in [-0.2, 0) is 10.8 Å². The third-order valence-electron chi connectivity index (χ3n) is 12.7. The molecule has 0 spiro atoms. The van der Waals surface area contributed by atoms with Gasteiger partial charge in [0.05, 0.1) is 11.4 Å². The minimum atomic E-state index is -0.101. The van der Waals surface area contributed by atoms with Gasteiger partial charge in [-0.3, -0.25) is 0 Å². The molecule has 3 nitrogen and oxygen atoms in total. The molecule has 0 aliphatic carbocycles. The van der Waals surface area contributed by atoms with Crippen LogP contribution in [0.4, 0.5) is 34.1 Å². The first-order chi connectivity index (χ1) is 30.5. The van der Waals surface area contributed by atoms with Crippen molar-refractivity contribution < 1.29 is 4.42 Å². The number of rotatable bonds is 6. The summed E-state index contributed by atoms with van der Waals surface area (Å²) in [7, 11) is 0. The summed E-state index contributed by atoms with van der Waals surface area (Å²) in [6.45, 7) is 13.9. The zero-order valence-corrected chi connectivity index (χ0v) is 36.8. The lowest BCUT2D eigenvalue weighted by molar-refractivity contribution is 0.596. The number of benzene rings is 10. The first-order valence-electron chi connectivity index (χ1n) is 22.1. The molecule has 3 heteroatoms. The molecule has 63 heavy (non-hydrogen) atoms. The van der Waals surface area contributed by atoms with Crippen molar-refractivity contribution in [1.29, 1.82) is 0 Å². The summed E-state index contributed by atoms with van der Waals surface area (Å²) in [6, 6.07) is 70.8. The summed E-state index contributed by atoms with van der Waals surface area (Å²) in [4.78, 5) is 4.83. The summed E-state index contributed by atoms with van der Waals surface area (Å²) in [5.74, 6) is 0. The largest absolute Gasteiger partial charge is 0.456 e. The van der Waals surface area contributed by atoms with Gasteiger partial charge in [-0.1, -0.05) is 151 Å². The minimum Gasteiger partial charge on any atom is -0.456 e. The monoisotopic (exact) mass is 814 g/mol. The molecule has 0 saturated carbocycles. The van der Waals surface area contributed by atoms with Crippen LogP contribution in [0.1, 0.15) is 52.7 Å². The molecule has 0 unspecified atom stereocenters. The van der Waals surface area contributed by atoms with Gasteiger partial charge in [0.25, 0.3) is 0 Å². The van der Waals surface area contributed by atoms with Gasteiger partial charge in [-0.05, 0) is 150 Å². The molecular weight excluding hydrogens is 765 g/mol. The van der Waals surface area contributed by atoms with E-state index in [1.165, 1.54) is 54.8 Å². The van der Waals surface area contributed by atoms with Crippen molar-refractivity contribution in [3.63, 3.8) is 0 Å². The summed E-state index contributed by atoms with van der Waals surface area (Å²) in [5, 5.41) is 11.9. The number of para-hydroxylation sites is 2. The molecule has 0 aliphatic rings. The fourth-order valence-electron chi connectivity index (χ4n) is 9.99. The average molecular weight is 815 g/mol. The van der Waals surface area contributed by atoms with Gasteiger partial charge in [-0.2, -0.15) is 0 Å². The number of fused-ring (bicyclic) bond motifs is 7. The molecular formula is C60H50N2O. The Kier molecular flexibility index (Phi) is 8.96. The van der Waals surface area contributed by atoms with Crippen LogP contribution in [-0.4, -0.2) is 0 Å².